The van der Waals surface area contributed by atoms with Gasteiger partial charge < -0.3 is 9.47 Å². The minimum absolute atomic E-state index is 0.147. The second-order valence-electron chi connectivity index (χ2n) is 7.15. The molecule has 0 aromatic heterocycles. The summed E-state index contributed by atoms with van der Waals surface area (Å²) < 4.78 is 11.1. The van der Waals surface area contributed by atoms with E-state index in [1.54, 1.807) is 6.08 Å². The Bertz CT molecular complexity index is 614. The molecule has 154 valence electrons. The van der Waals surface area contributed by atoms with Crippen LogP contribution in [0.15, 0.2) is 29.8 Å². The van der Waals surface area contributed by atoms with Crippen LogP contribution in [0.5, 0.6) is 5.75 Å². The SMILES string of the molecule is CCCCCCCCCCCCOCOc1ccc(/C=C(\C#N)C(C)=O)cc1. The Balaban J connectivity index is 2.05. The largest absolute Gasteiger partial charge is 0.468 e. The molecule has 0 heterocycles. The molecule has 4 heteroatoms. The molecule has 28 heavy (non-hydrogen) atoms. The van der Waals surface area contributed by atoms with Crippen LogP contribution in [0.1, 0.15) is 83.6 Å². The highest BCUT2D eigenvalue weighted by atomic mass is 16.7. The molecular weight excluding hydrogens is 350 g/mol. The van der Waals surface area contributed by atoms with Crippen molar-refractivity contribution in [3.63, 3.8) is 0 Å². The van der Waals surface area contributed by atoms with E-state index < -0.39 is 0 Å². The lowest BCUT2D eigenvalue weighted by Crippen LogP contribution is -2.04. The van der Waals surface area contributed by atoms with Crippen molar-refractivity contribution in [3.8, 4) is 11.8 Å². The van der Waals surface area contributed by atoms with Gasteiger partial charge in [0.25, 0.3) is 0 Å². The molecule has 0 amide bonds. The molecule has 0 fully saturated rings. The summed E-state index contributed by atoms with van der Waals surface area (Å²) in [4.78, 5) is 11.3. The van der Waals surface area contributed by atoms with E-state index in [-0.39, 0.29) is 18.1 Å². The van der Waals surface area contributed by atoms with E-state index in [0.717, 1.165) is 18.6 Å². The van der Waals surface area contributed by atoms with E-state index in [2.05, 4.69) is 6.92 Å². The Labute approximate surface area is 170 Å². The molecule has 1 aromatic carbocycles. The van der Waals surface area contributed by atoms with Gasteiger partial charge in [-0.2, -0.15) is 5.26 Å². The van der Waals surface area contributed by atoms with Crippen molar-refractivity contribution in [1.29, 1.82) is 5.26 Å². The van der Waals surface area contributed by atoms with Gasteiger partial charge in [-0.05, 0) is 37.1 Å². The number of ether oxygens (including phenoxy) is 2. The van der Waals surface area contributed by atoms with E-state index in [1.165, 1.54) is 64.7 Å². The molecule has 0 N–H and O–H groups in total. The number of nitrogens with zero attached hydrogens (tertiary/aromatic N) is 1. The number of unbranched alkanes of at least 4 members (excludes halogenated alkanes) is 9. The Hall–Kier alpha value is -2.12. The summed E-state index contributed by atoms with van der Waals surface area (Å²) in [7, 11) is 0. The quantitative estimate of drug-likeness (QED) is 0.142. The van der Waals surface area contributed by atoms with Crippen LogP contribution in [0.25, 0.3) is 6.08 Å². The number of Topliss-reactive ketones (excluding diaryl/α,β-unsaturated/α-hetero) is 1. The predicted octanol–water partition coefficient (Wildman–Crippen LogP) is 6.46. The van der Waals surface area contributed by atoms with Crippen LogP contribution in [-0.4, -0.2) is 19.2 Å². The van der Waals surface area contributed by atoms with Crippen molar-refractivity contribution in [2.24, 2.45) is 0 Å². The van der Waals surface area contributed by atoms with Gasteiger partial charge in [0.15, 0.2) is 12.6 Å². The number of carbonyl (C=O) groups is 1. The summed E-state index contributed by atoms with van der Waals surface area (Å²) in [6, 6.07) is 9.16. The molecule has 0 spiro atoms. The molecule has 0 saturated heterocycles. The molecule has 0 bridgehead atoms. The second kappa shape index (κ2) is 15.9. The van der Waals surface area contributed by atoms with Gasteiger partial charge in [-0.25, -0.2) is 0 Å². The van der Waals surface area contributed by atoms with Gasteiger partial charge in [0.1, 0.15) is 11.8 Å². The van der Waals surface area contributed by atoms with Crippen molar-refractivity contribution in [3.05, 3.63) is 35.4 Å². The molecule has 0 aliphatic carbocycles. The van der Waals surface area contributed by atoms with Crippen LogP contribution in [-0.2, 0) is 9.53 Å². The van der Waals surface area contributed by atoms with Gasteiger partial charge >= 0.3 is 0 Å². The lowest BCUT2D eigenvalue weighted by molar-refractivity contribution is -0.113. The van der Waals surface area contributed by atoms with Crippen molar-refractivity contribution in [1.82, 2.24) is 0 Å². The van der Waals surface area contributed by atoms with Crippen LogP contribution in [0, 0.1) is 11.3 Å². The topological polar surface area (TPSA) is 59.3 Å². The summed E-state index contributed by atoms with van der Waals surface area (Å²) in [6.07, 6.45) is 14.7. The second-order valence-corrected chi connectivity index (χ2v) is 7.15. The first-order valence-corrected chi connectivity index (χ1v) is 10.6. The van der Waals surface area contributed by atoms with E-state index in [4.69, 9.17) is 14.7 Å². The molecule has 1 aromatic rings. The fraction of sp³-hybridized carbons (Fsp3) is 0.583. The number of nitriles is 1. The van der Waals surface area contributed by atoms with Crippen molar-refractivity contribution in [2.45, 2.75) is 78.1 Å². The van der Waals surface area contributed by atoms with Crippen LogP contribution in [0.2, 0.25) is 0 Å². The Kier molecular flexibility index (Phi) is 13.6. The summed E-state index contributed by atoms with van der Waals surface area (Å²) in [6.45, 7) is 4.61. The fourth-order valence-corrected chi connectivity index (χ4v) is 2.90. The van der Waals surface area contributed by atoms with Crippen molar-refractivity contribution in [2.75, 3.05) is 13.4 Å². The number of ketones is 1. The molecule has 0 radical (unpaired) electrons. The van der Waals surface area contributed by atoms with Crippen molar-refractivity contribution < 1.29 is 14.3 Å². The highest BCUT2D eigenvalue weighted by Gasteiger charge is 2.02. The fourth-order valence-electron chi connectivity index (χ4n) is 2.90. The van der Waals surface area contributed by atoms with Crippen LogP contribution < -0.4 is 4.74 Å². The first-order chi connectivity index (χ1) is 13.7. The van der Waals surface area contributed by atoms with E-state index in [1.807, 2.05) is 30.3 Å². The highest BCUT2D eigenvalue weighted by molar-refractivity contribution is 6.01. The Morgan fingerprint density at radius 3 is 2.07 bits per heavy atom. The minimum atomic E-state index is -0.233. The predicted molar refractivity (Wildman–Crippen MR) is 114 cm³/mol. The third-order valence-electron chi connectivity index (χ3n) is 4.64. The van der Waals surface area contributed by atoms with Gasteiger partial charge in [-0.3, -0.25) is 4.79 Å². The standard InChI is InChI=1S/C24H35NO3/c1-3-4-5-6-7-8-9-10-11-12-17-27-20-28-24-15-13-22(14-16-24)18-23(19-25)21(2)26/h13-16,18H,3-12,17,20H2,1-2H3/b23-18+. The van der Waals surface area contributed by atoms with Crippen LogP contribution in [0.4, 0.5) is 0 Å². The molecule has 0 atom stereocenters. The van der Waals surface area contributed by atoms with E-state index >= 15 is 0 Å². The first-order valence-electron chi connectivity index (χ1n) is 10.6. The average molecular weight is 386 g/mol. The Morgan fingerprint density at radius 2 is 1.54 bits per heavy atom. The zero-order valence-electron chi connectivity index (χ0n) is 17.5. The van der Waals surface area contributed by atoms with Gasteiger partial charge in [0.2, 0.25) is 0 Å². The maximum atomic E-state index is 11.3. The smallest absolute Gasteiger partial charge is 0.189 e. The third-order valence-corrected chi connectivity index (χ3v) is 4.64. The highest BCUT2D eigenvalue weighted by Crippen LogP contribution is 2.15. The minimum Gasteiger partial charge on any atom is -0.468 e. The number of hydrogen-bond acceptors (Lipinski definition) is 4. The number of rotatable bonds is 16. The van der Waals surface area contributed by atoms with Gasteiger partial charge in [-0.15, -0.1) is 0 Å². The molecule has 1 rings (SSSR count). The summed E-state index contributed by atoms with van der Waals surface area (Å²) in [5.74, 6) is 0.477. The summed E-state index contributed by atoms with van der Waals surface area (Å²) >= 11 is 0. The summed E-state index contributed by atoms with van der Waals surface area (Å²) in [5, 5.41) is 8.92. The molecule has 0 aliphatic heterocycles. The normalized spacial score (nSPS) is 11.2. The third kappa shape index (κ3) is 11.6. The van der Waals surface area contributed by atoms with Crippen LogP contribution >= 0.6 is 0 Å². The monoisotopic (exact) mass is 385 g/mol. The molecule has 0 saturated carbocycles. The lowest BCUT2D eigenvalue weighted by atomic mass is 10.1. The van der Waals surface area contributed by atoms with Gasteiger partial charge in [0.05, 0.1) is 12.2 Å². The maximum Gasteiger partial charge on any atom is 0.189 e. The number of carbonyl (C=O) groups excluding carboxylic acids is 1. The maximum absolute atomic E-state index is 11.3. The van der Waals surface area contributed by atoms with Crippen molar-refractivity contribution >= 4 is 11.9 Å². The molecular formula is C24H35NO3. The Morgan fingerprint density at radius 1 is 0.964 bits per heavy atom. The lowest BCUT2D eigenvalue weighted by Gasteiger charge is -2.07. The number of hydrogen-bond donors (Lipinski definition) is 0. The zero-order valence-corrected chi connectivity index (χ0v) is 17.5. The average Bonchev–Trinajstić information content (AvgIpc) is 2.70. The zero-order chi connectivity index (χ0) is 20.5. The number of benzene rings is 1. The summed E-state index contributed by atoms with van der Waals surface area (Å²) in [5.41, 5.74) is 0.943. The van der Waals surface area contributed by atoms with E-state index in [0.29, 0.717) is 5.75 Å². The molecule has 0 unspecified atom stereocenters. The van der Waals surface area contributed by atoms with Gasteiger partial charge in [0, 0.05) is 0 Å². The van der Waals surface area contributed by atoms with Gasteiger partial charge in [-0.1, -0.05) is 76.8 Å². The first kappa shape index (κ1) is 23.9. The number of allylic oxidation sites excluding steroid dienone is 1. The van der Waals surface area contributed by atoms with E-state index in [9.17, 15) is 4.79 Å². The molecule has 4 nitrogen and oxygen atoms in total. The van der Waals surface area contributed by atoms with Crippen LogP contribution in [0.3, 0.4) is 0 Å². The molecule has 0 aliphatic rings.